The van der Waals surface area contributed by atoms with E-state index in [2.05, 4.69) is 5.32 Å². The zero-order valence-corrected chi connectivity index (χ0v) is 20.4. The highest BCUT2D eigenvalue weighted by atomic mass is 16.2. The molecule has 1 saturated heterocycles. The first-order chi connectivity index (χ1) is 17.6. The van der Waals surface area contributed by atoms with Crippen molar-refractivity contribution in [2.24, 2.45) is 5.92 Å². The molecule has 3 aliphatic rings. The second kappa shape index (κ2) is 9.41. The van der Waals surface area contributed by atoms with E-state index in [0.29, 0.717) is 37.4 Å². The van der Waals surface area contributed by atoms with Gasteiger partial charge in [0.25, 0.3) is 5.91 Å². The molecule has 0 bridgehead atoms. The number of hydrogen-bond acceptors (Lipinski definition) is 3. The van der Waals surface area contributed by atoms with Crippen LogP contribution in [0.2, 0.25) is 0 Å². The first kappa shape index (κ1) is 22.8. The Morgan fingerprint density at radius 3 is 2.58 bits per heavy atom. The van der Waals surface area contributed by atoms with Crippen molar-refractivity contribution in [2.75, 3.05) is 18.0 Å². The first-order valence-electron chi connectivity index (χ1n) is 13.1. The van der Waals surface area contributed by atoms with Crippen molar-refractivity contribution in [2.45, 2.75) is 50.6 Å². The molecule has 1 N–H and O–H groups in total. The van der Waals surface area contributed by atoms with Gasteiger partial charge in [0, 0.05) is 30.4 Å². The lowest BCUT2D eigenvalue weighted by Gasteiger charge is -2.33. The molecule has 6 rings (SSSR count). The maximum Gasteiger partial charge on any atom is 0.254 e. The molecule has 0 radical (unpaired) electrons. The Balaban J connectivity index is 1.19. The van der Waals surface area contributed by atoms with Gasteiger partial charge in [-0.25, -0.2) is 0 Å². The molecule has 184 valence electrons. The van der Waals surface area contributed by atoms with Gasteiger partial charge < -0.3 is 15.1 Å². The third-order valence-corrected chi connectivity index (χ3v) is 8.18. The third-order valence-electron chi connectivity index (χ3n) is 8.18. The van der Waals surface area contributed by atoms with E-state index in [9.17, 15) is 14.4 Å². The average molecular weight is 482 g/mol. The van der Waals surface area contributed by atoms with E-state index < -0.39 is 6.04 Å². The minimum atomic E-state index is -0.473. The van der Waals surface area contributed by atoms with Gasteiger partial charge in [-0.05, 0) is 59.7 Å². The molecule has 6 heteroatoms. The smallest absolute Gasteiger partial charge is 0.254 e. The van der Waals surface area contributed by atoms with Gasteiger partial charge in [0.2, 0.25) is 11.8 Å². The molecule has 1 aliphatic carbocycles. The number of benzene rings is 3. The first-order valence-corrected chi connectivity index (χ1v) is 13.1. The fourth-order valence-corrected chi connectivity index (χ4v) is 6.43. The number of fused-ring (bicyclic) bond motifs is 3. The fourth-order valence-electron chi connectivity index (χ4n) is 6.43. The van der Waals surface area contributed by atoms with E-state index in [4.69, 9.17) is 0 Å². The average Bonchev–Trinajstić information content (AvgIpc) is 3.45. The summed E-state index contributed by atoms with van der Waals surface area (Å²) in [7, 11) is 0. The molecule has 2 fully saturated rings. The van der Waals surface area contributed by atoms with Gasteiger partial charge in [0.05, 0.1) is 6.42 Å². The molecule has 3 aromatic rings. The number of nitrogens with one attached hydrogen (secondary N) is 1. The fraction of sp³-hybridized carbons (Fsp3) is 0.367. The number of carbonyl (C=O) groups is 3. The summed E-state index contributed by atoms with van der Waals surface area (Å²) >= 11 is 0. The van der Waals surface area contributed by atoms with Crippen LogP contribution in [-0.4, -0.2) is 47.8 Å². The molecular weight excluding hydrogens is 450 g/mol. The van der Waals surface area contributed by atoms with Crippen LogP contribution in [0.25, 0.3) is 10.8 Å². The van der Waals surface area contributed by atoms with E-state index >= 15 is 0 Å². The van der Waals surface area contributed by atoms with Crippen molar-refractivity contribution in [3.8, 4) is 0 Å². The molecule has 0 spiro atoms. The number of anilines is 1. The van der Waals surface area contributed by atoms with E-state index in [1.54, 1.807) is 4.90 Å². The maximum atomic E-state index is 13.8. The summed E-state index contributed by atoms with van der Waals surface area (Å²) in [5, 5.41) is 5.17. The Morgan fingerprint density at radius 1 is 0.917 bits per heavy atom. The van der Waals surface area contributed by atoms with Crippen LogP contribution in [0.5, 0.6) is 0 Å². The maximum absolute atomic E-state index is 13.8. The van der Waals surface area contributed by atoms with E-state index in [1.807, 2.05) is 71.6 Å². The minimum Gasteiger partial charge on any atom is -0.353 e. The summed E-state index contributed by atoms with van der Waals surface area (Å²) in [5.41, 5.74) is 2.59. The number of nitrogens with zero attached hydrogens (tertiary/aromatic N) is 2. The standard InChI is InChI=1S/C30H31N3O3/c34-28-19-23-10-3-5-11-25(23)32(28)16-15-31-29(35)27-18-22-9-4-6-12-26(22)33(27)30(36)24-14-13-20-7-1-2-8-21(20)17-24/h1-3,5,7-8,10-11,13-14,17,22,26-27H,4,6,9,12,15-16,18-19H2,(H,31,35)/t22-,26-,27-/m0/s1. The van der Waals surface area contributed by atoms with E-state index in [-0.39, 0.29) is 23.8 Å². The summed E-state index contributed by atoms with van der Waals surface area (Å²) in [6.07, 6.45) is 5.38. The number of carbonyl (C=O) groups excluding carboxylic acids is 3. The van der Waals surface area contributed by atoms with Crippen molar-refractivity contribution in [3.05, 3.63) is 77.9 Å². The van der Waals surface area contributed by atoms with Gasteiger partial charge in [0.15, 0.2) is 0 Å². The highest BCUT2D eigenvalue weighted by Gasteiger charge is 2.47. The Bertz CT molecular complexity index is 1340. The minimum absolute atomic E-state index is 0.0565. The second-order valence-corrected chi connectivity index (χ2v) is 10.3. The summed E-state index contributed by atoms with van der Waals surface area (Å²) in [6.45, 7) is 0.794. The normalized spacial score (nSPS) is 23.0. The van der Waals surface area contributed by atoms with E-state index in [0.717, 1.165) is 47.7 Å². The predicted octanol–water partition coefficient (Wildman–Crippen LogP) is 4.32. The van der Waals surface area contributed by atoms with Crippen LogP contribution in [0.1, 0.15) is 48.0 Å². The van der Waals surface area contributed by atoms with Gasteiger partial charge in [-0.1, -0.05) is 61.4 Å². The zero-order chi connectivity index (χ0) is 24.6. The van der Waals surface area contributed by atoms with Crippen LogP contribution in [-0.2, 0) is 16.0 Å². The van der Waals surface area contributed by atoms with Gasteiger partial charge in [-0.2, -0.15) is 0 Å². The SMILES string of the molecule is O=C(NCCN1C(=O)Cc2ccccc21)[C@@H]1C[C@@H]2CCCC[C@@H]2N1C(=O)c1ccc2ccccc2c1. The highest BCUT2D eigenvalue weighted by Crippen LogP contribution is 2.40. The summed E-state index contributed by atoms with van der Waals surface area (Å²) in [5.74, 6) is 0.258. The van der Waals surface area contributed by atoms with Gasteiger partial charge in [-0.3, -0.25) is 14.4 Å². The largest absolute Gasteiger partial charge is 0.353 e. The van der Waals surface area contributed by atoms with Crippen molar-refractivity contribution in [1.29, 1.82) is 0 Å². The third kappa shape index (κ3) is 4.04. The number of para-hydroxylation sites is 1. The molecule has 36 heavy (non-hydrogen) atoms. The lowest BCUT2D eigenvalue weighted by molar-refractivity contribution is -0.125. The Morgan fingerprint density at radius 2 is 1.69 bits per heavy atom. The molecule has 0 aromatic heterocycles. The van der Waals surface area contributed by atoms with Crippen molar-refractivity contribution in [3.63, 3.8) is 0 Å². The summed E-state index contributed by atoms with van der Waals surface area (Å²) in [4.78, 5) is 43.4. The van der Waals surface area contributed by atoms with Crippen LogP contribution < -0.4 is 10.2 Å². The van der Waals surface area contributed by atoms with Crippen molar-refractivity contribution in [1.82, 2.24) is 10.2 Å². The lowest BCUT2D eigenvalue weighted by Crippen LogP contribution is -2.50. The Kier molecular flexibility index (Phi) is 5.96. The van der Waals surface area contributed by atoms with Gasteiger partial charge in [0.1, 0.15) is 6.04 Å². The van der Waals surface area contributed by atoms with Gasteiger partial charge in [-0.15, -0.1) is 0 Å². The predicted molar refractivity (Wildman–Crippen MR) is 140 cm³/mol. The highest BCUT2D eigenvalue weighted by molar-refractivity contribution is 6.02. The zero-order valence-electron chi connectivity index (χ0n) is 20.4. The van der Waals surface area contributed by atoms with Crippen LogP contribution >= 0.6 is 0 Å². The molecule has 3 amide bonds. The quantitative estimate of drug-likeness (QED) is 0.590. The van der Waals surface area contributed by atoms with Crippen LogP contribution in [0.3, 0.4) is 0 Å². The molecule has 3 aromatic carbocycles. The topological polar surface area (TPSA) is 69.7 Å². The number of rotatable bonds is 5. The number of likely N-dealkylation sites (tertiary alicyclic amines) is 1. The van der Waals surface area contributed by atoms with Crippen LogP contribution in [0, 0.1) is 5.92 Å². The molecular formula is C30H31N3O3. The molecule has 1 saturated carbocycles. The van der Waals surface area contributed by atoms with E-state index in [1.165, 1.54) is 0 Å². The lowest BCUT2D eigenvalue weighted by atomic mass is 9.84. The van der Waals surface area contributed by atoms with Gasteiger partial charge >= 0.3 is 0 Å². The van der Waals surface area contributed by atoms with Crippen molar-refractivity contribution < 1.29 is 14.4 Å². The van der Waals surface area contributed by atoms with Crippen LogP contribution in [0.4, 0.5) is 5.69 Å². The molecule has 2 heterocycles. The molecule has 3 atom stereocenters. The monoisotopic (exact) mass is 481 g/mol. The number of hydrogen-bond donors (Lipinski definition) is 1. The number of amides is 3. The Hall–Kier alpha value is -3.67. The summed E-state index contributed by atoms with van der Waals surface area (Å²) in [6, 6.07) is 21.3. The van der Waals surface area contributed by atoms with Crippen LogP contribution in [0.15, 0.2) is 66.7 Å². The van der Waals surface area contributed by atoms with Crippen molar-refractivity contribution >= 4 is 34.2 Å². The Labute approximate surface area is 211 Å². The molecule has 2 aliphatic heterocycles. The summed E-state index contributed by atoms with van der Waals surface area (Å²) < 4.78 is 0. The molecule has 0 unspecified atom stereocenters. The molecule has 6 nitrogen and oxygen atoms in total. The second-order valence-electron chi connectivity index (χ2n) is 10.3.